The summed E-state index contributed by atoms with van der Waals surface area (Å²) in [4.78, 5) is 10.3. The highest BCUT2D eigenvalue weighted by Gasteiger charge is 2.35. The molecule has 0 amide bonds. The molecule has 1 unspecified atom stereocenters. The Morgan fingerprint density at radius 3 is 2.00 bits per heavy atom. The molecular formula is C40H31ClN6. The lowest BCUT2D eigenvalue weighted by Crippen LogP contribution is -2.21. The molecule has 6 nitrogen and oxygen atoms in total. The van der Waals surface area contributed by atoms with Crippen molar-refractivity contribution in [1.82, 2.24) is 19.7 Å². The van der Waals surface area contributed by atoms with Crippen LogP contribution in [0.4, 0.5) is 5.95 Å². The lowest BCUT2D eigenvalue weighted by atomic mass is 9.96. The Morgan fingerprint density at radius 1 is 0.660 bits per heavy atom. The molecule has 5 aromatic carbocycles. The van der Waals surface area contributed by atoms with Gasteiger partial charge in [-0.05, 0) is 49.7 Å². The molecule has 7 aromatic rings. The van der Waals surface area contributed by atoms with Gasteiger partial charge in [0.2, 0.25) is 5.95 Å². The van der Waals surface area contributed by atoms with Crippen LogP contribution in [0.25, 0.3) is 39.1 Å². The molecule has 47 heavy (non-hydrogen) atoms. The Balaban J connectivity index is 1.34. The summed E-state index contributed by atoms with van der Waals surface area (Å²) in [6, 6.07) is 43.0. The highest BCUT2D eigenvalue weighted by molar-refractivity contribution is 6.31. The summed E-state index contributed by atoms with van der Waals surface area (Å²) in [5, 5.41) is 14.0. The quantitative estimate of drug-likeness (QED) is 0.183. The monoisotopic (exact) mass is 630 g/mol. The molecule has 0 spiro atoms. The van der Waals surface area contributed by atoms with Crippen LogP contribution in [0.2, 0.25) is 5.02 Å². The number of nitrogens with zero attached hydrogens (tertiary/aromatic N) is 6. The van der Waals surface area contributed by atoms with E-state index in [0.717, 1.165) is 55.9 Å². The number of hydrogen-bond donors (Lipinski definition) is 0. The normalized spacial score (nSPS) is 14.5. The van der Waals surface area contributed by atoms with Gasteiger partial charge in [0.25, 0.3) is 0 Å². The van der Waals surface area contributed by atoms with Gasteiger partial charge in [-0.2, -0.15) is 10.2 Å². The second kappa shape index (κ2) is 12.0. The van der Waals surface area contributed by atoms with Crippen LogP contribution in [-0.4, -0.2) is 25.5 Å². The summed E-state index contributed by atoms with van der Waals surface area (Å²) in [5.41, 5.74) is 11.0. The third-order valence-corrected chi connectivity index (χ3v) is 8.88. The molecule has 0 N–H and O–H groups in total. The smallest absolute Gasteiger partial charge is 0.240 e. The molecule has 1 aliphatic heterocycles. The van der Waals surface area contributed by atoms with E-state index in [4.69, 9.17) is 31.8 Å². The van der Waals surface area contributed by atoms with Crippen molar-refractivity contribution in [2.24, 2.45) is 5.10 Å². The maximum Gasteiger partial charge on any atom is 0.247 e. The van der Waals surface area contributed by atoms with Crippen LogP contribution in [0, 0.1) is 13.8 Å². The van der Waals surface area contributed by atoms with Crippen molar-refractivity contribution in [3.05, 3.63) is 161 Å². The van der Waals surface area contributed by atoms with Gasteiger partial charge in [0, 0.05) is 39.7 Å². The number of rotatable bonds is 6. The molecule has 3 heterocycles. The first-order valence-electron chi connectivity index (χ1n) is 15.7. The van der Waals surface area contributed by atoms with E-state index in [0.29, 0.717) is 17.4 Å². The summed E-state index contributed by atoms with van der Waals surface area (Å²) >= 11 is 6.49. The average Bonchev–Trinajstić information content (AvgIpc) is 3.75. The largest absolute Gasteiger partial charge is 0.247 e. The lowest BCUT2D eigenvalue weighted by Gasteiger charge is -2.23. The van der Waals surface area contributed by atoms with Crippen molar-refractivity contribution in [3.63, 3.8) is 0 Å². The topological polar surface area (TPSA) is 59.2 Å². The number of para-hydroxylation sites is 1. The molecule has 1 atom stereocenters. The molecule has 2 aromatic heterocycles. The first-order chi connectivity index (χ1) is 23.0. The Labute approximate surface area is 278 Å². The summed E-state index contributed by atoms with van der Waals surface area (Å²) in [5.74, 6) is 0.521. The number of anilines is 1. The van der Waals surface area contributed by atoms with Gasteiger partial charge in [-0.1, -0.05) is 120 Å². The predicted octanol–water partition coefficient (Wildman–Crippen LogP) is 9.78. The van der Waals surface area contributed by atoms with Crippen molar-refractivity contribution < 1.29 is 0 Å². The summed E-state index contributed by atoms with van der Waals surface area (Å²) in [6.45, 7) is 4.20. The molecule has 0 saturated carbocycles. The molecule has 0 fully saturated rings. The fraction of sp³-hybridized carbons (Fsp3) is 0.100. The minimum absolute atomic E-state index is 0.214. The fourth-order valence-corrected chi connectivity index (χ4v) is 6.32. The van der Waals surface area contributed by atoms with Crippen LogP contribution < -0.4 is 5.01 Å². The Bertz CT molecular complexity index is 2240. The molecule has 228 valence electrons. The van der Waals surface area contributed by atoms with Crippen molar-refractivity contribution in [1.29, 1.82) is 0 Å². The standard InChI is InChI=1S/C40H31ClN6/c1-26-13-17-28(18-14-26)36-24-37(34-25-46(32-11-7-4-8-12-32)45-39(34)30-19-15-27(2)16-20-30)47(44-36)40-42-35-22-21-31(41)23-33(35)38(43-40)29-9-5-3-6-10-29/h3-23,25,37H,24H2,1-2H3. The number of hydrazone groups is 1. The van der Waals surface area contributed by atoms with Crippen molar-refractivity contribution in [2.75, 3.05) is 5.01 Å². The highest BCUT2D eigenvalue weighted by atomic mass is 35.5. The predicted molar refractivity (Wildman–Crippen MR) is 191 cm³/mol. The number of halogens is 1. The summed E-state index contributed by atoms with van der Waals surface area (Å²) < 4.78 is 1.96. The Kier molecular flexibility index (Phi) is 7.35. The van der Waals surface area contributed by atoms with E-state index in [1.54, 1.807) is 0 Å². The van der Waals surface area contributed by atoms with E-state index >= 15 is 0 Å². The van der Waals surface area contributed by atoms with E-state index in [1.165, 1.54) is 11.1 Å². The van der Waals surface area contributed by atoms with Crippen LogP contribution in [-0.2, 0) is 0 Å². The van der Waals surface area contributed by atoms with E-state index in [1.807, 2.05) is 64.3 Å². The average molecular weight is 631 g/mol. The number of aryl methyl sites for hydroxylation is 2. The van der Waals surface area contributed by atoms with Gasteiger partial charge >= 0.3 is 0 Å². The minimum atomic E-state index is -0.214. The first kappa shape index (κ1) is 28.9. The van der Waals surface area contributed by atoms with Gasteiger partial charge in [0.15, 0.2) is 0 Å². The van der Waals surface area contributed by atoms with Crippen molar-refractivity contribution >= 4 is 34.2 Å². The third-order valence-electron chi connectivity index (χ3n) is 8.64. The number of aromatic nitrogens is 4. The van der Waals surface area contributed by atoms with Gasteiger partial charge in [0.05, 0.1) is 34.3 Å². The summed E-state index contributed by atoms with van der Waals surface area (Å²) in [6.07, 6.45) is 2.79. The molecule has 0 saturated heterocycles. The van der Waals surface area contributed by atoms with Crippen LogP contribution >= 0.6 is 11.6 Å². The molecule has 0 aliphatic carbocycles. The zero-order valence-electron chi connectivity index (χ0n) is 26.0. The molecule has 8 rings (SSSR count). The van der Waals surface area contributed by atoms with Gasteiger partial charge in [-0.3, -0.25) is 0 Å². The summed E-state index contributed by atoms with van der Waals surface area (Å²) in [7, 11) is 0. The Morgan fingerprint density at radius 2 is 1.30 bits per heavy atom. The second-order valence-electron chi connectivity index (χ2n) is 12.0. The SMILES string of the molecule is Cc1ccc(C2=NN(c3nc(-c4ccccc4)c4cc(Cl)ccc4n3)C(c3cn(-c4ccccc4)nc3-c3ccc(C)cc3)C2)cc1. The number of hydrogen-bond acceptors (Lipinski definition) is 5. The van der Waals surface area contributed by atoms with Crippen LogP contribution in [0.5, 0.6) is 0 Å². The molecule has 0 radical (unpaired) electrons. The molecule has 7 heteroatoms. The van der Waals surface area contributed by atoms with E-state index in [9.17, 15) is 0 Å². The van der Waals surface area contributed by atoms with E-state index < -0.39 is 0 Å². The maximum absolute atomic E-state index is 6.49. The van der Waals surface area contributed by atoms with Crippen molar-refractivity contribution in [2.45, 2.75) is 26.3 Å². The highest BCUT2D eigenvalue weighted by Crippen LogP contribution is 2.41. The van der Waals surface area contributed by atoms with Gasteiger partial charge in [0.1, 0.15) is 0 Å². The van der Waals surface area contributed by atoms with Gasteiger partial charge in [-0.15, -0.1) is 0 Å². The van der Waals surface area contributed by atoms with E-state index in [2.05, 4.69) is 92.8 Å². The minimum Gasteiger partial charge on any atom is -0.240 e. The van der Waals surface area contributed by atoms with Crippen LogP contribution in [0.3, 0.4) is 0 Å². The molecule has 1 aliphatic rings. The van der Waals surface area contributed by atoms with Gasteiger partial charge in [-0.25, -0.2) is 19.7 Å². The van der Waals surface area contributed by atoms with Crippen molar-refractivity contribution in [3.8, 4) is 28.2 Å². The van der Waals surface area contributed by atoms with Crippen LogP contribution in [0.1, 0.15) is 34.7 Å². The van der Waals surface area contributed by atoms with Crippen LogP contribution in [0.15, 0.2) is 139 Å². The molecular weight excluding hydrogens is 600 g/mol. The maximum atomic E-state index is 6.49. The van der Waals surface area contributed by atoms with Gasteiger partial charge < -0.3 is 0 Å². The van der Waals surface area contributed by atoms with E-state index in [-0.39, 0.29) is 6.04 Å². The number of fused-ring (bicyclic) bond motifs is 1. The number of benzene rings is 5. The molecule has 0 bridgehead atoms. The Hall–Kier alpha value is -5.59. The second-order valence-corrected chi connectivity index (χ2v) is 12.4. The zero-order valence-corrected chi connectivity index (χ0v) is 26.8. The third kappa shape index (κ3) is 5.58. The fourth-order valence-electron chi connectivity index (χ4n) is 6.14. The first-order valence-corrected chi connectivity index (χ1v) is 16.1. The lowest BCUT2D eigenvalue weighted by molar-refractivity contribution is 0.690. The zero-order chi connectivity index (χ0) is 31.9.